The van der Waals surface area contributed by atoms with E-state index in [4.69, 9.17) is 4.74 Å². The minimum absolute atomic E-state index is 0.608. The molecule has 4 nitrogen and oxygen atoms in total. The summed E-state index contributed by atoms with van der Waals surface area (Å²) in [6, 6.07) is 24.9. The van der Waals surface area contributed by atoms with E-state index in [1.807, 2.05) is 30.5 Å². The molecule has 5 heteroatoms. The summed E-state index contributed by atoms with van der Waals surface area (Å²) in [5.41, 5.74) is 9.04. The number of ether oxygens (including phenoxy) is 1. The van der Waals surface area contributed by atoms with E-state index in [0.717, 1.165) is 27.9 Å². The SMILES string of the molecule is COc1ccccc1CN/N=C\c1c(C)n(Cc2ccc(Br)cc2)c2ccccc12. The molecule has 0 aliphatic carbocycles. The van der Waals surface area contributed by atoms with E-state index >= 15 is 0 Å². The van der Waals surface area contributed by atoms with Crippen molar-refractivity contribution in [1.82, 2.24) is 9.99 Å². The number of fused-ring (bicyclic) bond motifs is 1. The van der Waals surface area contributed by atoms with Crippen LogP contribution in [0.25, 0.3) is 10.9 Å². The fourth-order valence-corrected chi connectivity index (χ4v) is 3.95. The number of halogens is 1. The van der Waals surface area contributed by atoms with Crippen molar-refractivity contribution < 1.29 is 4.74 Å². The number of hydrazone groups is 1. The molecule has 0 unspecified atom stereocenters. The lowest BCUT2D eigenvalue weighted by atomic mass is 10.1. The topological polar surface area (TPSA) is 38.5 Å². The monoisotopic (exact) mass is 461 g/mol. The predicted molar refractivity (Wildman–Crippen MR) is 127 cm³/mol. The first-order valence-electron chi connectivity index (χ1n) is 9.87. The van der Waals surface area contributed by atoms with Gasteiger partial charge in [0.15, 0.2) is 0 Å². The van der Waals surface area contributed by atoms with Gasteiger partial charge < -0.3 is 14.7 Å². The number of nitrogens with zero attached hydrogens (tertiary/aromatic N) is 2. The van der Waals surface area contributed by atoms with E-state index in [-0.39, 0.29) is 0 Å². The number of methoxy groups -OCH3 is 1. The molecule has 3 aromatic carbocycles. The van der Waals surface area contributed by atoms with Gasteiger partial charge in [0.25, 0.3) is 0 Å². The van der Waals surface area contributed by atoms with Crippen LogP contribution in [-0.2, 0) is 13.1 Å². The fraction of sp³-hybridized carbons (Fsp3) is 0.160. The molecule has 30 heavy (non-hydrogen) atoms. The minimum Gasteiger partial charge on any atom is -0.496 e. The Hall–Kier alpha value is -3.05. The van der Waals surface area contributed by atoms with Crippen LogP contribution in [0.1, 0.15) is 22.4 Å². The number of nitrogens with one attached hydrogen (secondary N) is 1. The van der Waals surface area contributed by atoms with Crippen molar-refractivity contribution in [2.75, 3.05) is 7.11 Å². The first kappa shape index (κ1) is 20.2. The van der Waals surface area contributed by atoms with Gasteiger partial charge in [0.2, 0.25) is 0 Å². The first-order chi connectivity index (χ1) is 14.7. The Morgan fingerprint density at radius 3 is 2.53 bits per heavy atom. The molecule has 1 N–H and O–H groups in total. The summed E-state index contributed by atoms with van der Waals surface area (Å²) in [6.45, 7) is 3.58. The first-order valence-corrected chi connectivity index (χ1v) is 10.7. The third kappa shape index (κ3) is 4.26. The summed E-state index contributed by atoms with van der Waals surface area (Å²) in [7, 11) is 1.69. The zero-order valence-corrected chi connectivity index (χ0v) is 18.7. The molecule has 0 atom stereocenters. The molecule has 0 spiro atoms. The molecule has 4 aromatic rings. The zero-order chi connectivity index (χ0) is 20.9. The number of hydrogen-bond donors (Lipinski definition) is 1. The van der Waals surface area contributed by atoms with Crippen LogP contribution in [0, 0.1) is 6.92 Å². The Kier molecular flexibility index (Phi) is 6.19. The molecular formula is C25H24BrN3O. The van der Waals surface area contributed by atoms with Crippen molar-refractivity contribution >= 4 is 33.0 Å². The summed E-state index contributed by atoms with van der Waals surface area (Å²) in [5, 5.41) is 5.71. The molecule has 1 heterocycles. The van der Waals surface area contributed by atoms with E-state index in [0.29, 0.717) is 6.54 Å². The fourth-order valence-electron chi connectivity index (χ4n) is 3.69. The van der Waals surface area contributed by atoms with Gasteiger partial charge in [0, 0.05) is 38.7 Å². The number of benzene rings is 3. The normalized spacial score (nSPS) is 11.3. The van der Waals surface area contributed by atoms with Gasteiger partial charge in [-0.1, -0.05) is 64.5 Å². The Morgan fingerprint density at radius 2 is 1.73 bits per heavy atom. The maximum atomic E-state index is 5.41. The second-order valence-electron chi connectivity index (χ2n) is 7.13. The molecule has 0 saturated carbocycles. The quantitative estimate of drug-likeness (QED) is 0.275. The van der Waals surface area contributed by atoms with E-state index in [1.165, 1.54) is 22.2 Å². The molecule has 0 amide bonds. The summed E-state index contributed by atoms with van der Waals surface area (Å²) < 4.78 is 8.85. The van der Waals surface area contributed by atoms with Gasteiger partial charge in [-0.25, -0.2) is 0 Å². The second-order valence-corrected chi connectivity index (χ2v) is 8.05. The van der Waals surface area contributed by atoms with Gasteiger partial charge in [-0.2, -0.15) is 5.10 Å². The summed E-state index contributed by atoms with van der Waals surface area (Å²) in [4.78, 5) is 0. The lowest BCUT2D eigenvalue weighted by molar-refractivity contribution is 0.408. The van der Waals surface area contributed by atoms with Gasteiger partial charge in [-0.15, -0.1) is 0 Å². The molecule has 0 bridgehead atoms. The number of hydrogen-bond acceptors (Lipinski definition) is 3. The molecule has 4 rings (SSSR count). The Bertz CT molecular complexity index is 1180. The van der Waals surface area contributed by atoms with Gasteiger partial charge >= 0.3 is 0 Å². The third-order valence-corrected chi connectivity index (χ3v) is 5.81. The average molecular weight is 462 g/mol. The van der Waals surface area contributed by atoms with Crippen LogP contribution in [-0.4, -0.2) is 17.9 Å². The van der Waals surface area contributed by atoms with Gasteiger partial charge in [-0.05, 0) is 36.8 Å². The van der Waals surface area contributed by atoms with E-state index in [9.17, 15) is 0 Å². The van der Waals surface area contributed by atoms with Crippen LogP contribution in [0.3, 0.4) is 0 Å². The highest BCUT2D eigenvalue weighted by atomic mass is 79.9. The largest absolute Gasteiger partial charge is 0.496 e. The van der Waals surface area contributed by atoms with Gasteiger partial charge in [0.05, 0.1) is 19.9 Å². The molecule has 0 fully saturated rings. The highest BCUT2D eigenvalue weighted by molar-refractivity contribution is 9.10. The van der Waals surface area contributed by atoms with Crippen molar-refractivity contribution in [2.24, 2.45) is 5.10 Å². The molecular weight excluding hydrogens is 438 g/mol. The second kappa shape index (κ2) is 9.18. The molecule has 0 aliphatic heterocycles. The number of para-hydroxylation sites is 2. The number of aromatic nitrogens is 1. The summed E-state index contributed by atoms with van der Waals surface area (Å²) in [6.07, 6.45) is 1.92. The summed E-state index contributed by atoms with van der Waals surface area (Å²) >= 11 is 3.51. The van der Waals surface area contributed by atoms with Gasteiger partial charge in [-0.3, -0.25) is 0 Å². The van der Waals surface area contributed by atoms with Crippen LogP contribution < -0.4 is 10.2 Å². The maximum Gasteiger partial charge on any atom is 0.123 e. The van der Waals surface area contributed by atoms with E-state index in [2.05, 4.69) is 86.5 Å². The van der Waals surface area contributed by atoms with Crippen LogP contribution in [0.2, 0.25) is 0 Å². The molecule has 0 aliphatic rings. The number of rotatable bonds is 7. The van der Waals surface area contributed by atoms with Gasteiger partial charge in [0.1, 0.15) is 5.75 Å². The van der Waals surface area contributed by atoms with Crippen LogP contribution in [0.4, 0.5) is 0 Å². The van der Waals surface area contributed by atoms with Crippen LogP contribution in [0.15, 0.2) is 82.4 Å². The maximum absolute atomic E-state index is 5.41. The van der Waals surface area contributed by atoms with Crippen molar-refractivity contribution in [3.05, 3.63) is 99.7 Å². The Morgan fingerprint density at radius 1 is 1.00 bits per heavy atom. The van der Waals surface area contributed by atoms with E-state index < -0.39 is 0 Å². The molecule has 0 saturated heterocycles. The van der Waals surface area contributed by atoms with E-state index in [1.54, 1.807) is 7.11 Å². The lowest BCUT2D eigenvalue weighted by Gasteiger charge is -2.09. The Balaban J connectivity index is 1.59. The van der Waals surface area contributed by atoms with Crippen LogP contribution in [0.5, 0.6) is 5.75 Å². The smallest absolute Gasteiger partial charge is 0.123 e. The summed E-state index contributed by atoms with van der Waals surface area (Å²) in [5.74, 6) is 0.863. The Labute approximate surface area is 185 Å². The van der Waals surface area contributed by atoms with Crippen LogP contribution >= 0.6 is 15.9 Å². The third-order valence-electron chi connectivity index (χ3n) is 5.28. The molecule has 152 valence electrons. The molecule has 0 radical (unpaired) electrons. The van der Waals surface area contributed by atoms with Crippen molar-refractivity contribution in [2.45, 2.75) is 20.0 Å². The predicted octanol–water partition coefficient (Wildman–Crippen LogP) is 5.89. The zero-order valence-electron chi connectivity index (χ0n) is 17.1. The average Bonchev–Trinajstić information content (AvgIpc) is 3.04. The van der Waals surface area contributed by atoms with Crippen molar-refractivity contribution in [3.63, 3.8) is 0 Å². The lowest BCUT2D eigenvalue weighted by Crippen LogP contribution is -2.07. The highest BCUT2D eigenvalue weighted by Crippen LogP contribution is 2.26. The van der Waals surface area contributed by atoms with Crippen molar-refractivity contribution in [3.8, 4) is 5.75 Å². The molecule has 1 aromatic heterocycles. The minimum atomic E-state index is 0.608. The highest BCUT2D eigenvalue weighted by Gasteiger charge is 2.12. The standard InChI is InChI=1S/C25H24BrN3O/c1-18-23(16-28-27-15-20-7-3-6-10-25(20)30-2)22-8-4-5-9-24(22)29(18)17-19-11-13-21(26)14-12-19/h3-14,16,27H,15,17H2,1-2H3/b28-16-. The van der Waals surface area contributed by atoms with Crippen molar-refractivity contribution in [1.29, 1.82) is 0 Å².